The van der Waals surface area contributed by atoms with Crippen LogP contribution in [0, 0.1) is 0 Å². The number of rotatable bonds is 7. The second-order valence-corrected chi connectivity index (χ2v) is 7.12. The Kier molecular flexibility index (Phi) is 5.91. The van der Waals surface area contributed by atoms with Gasteiger partial charge in [-0.15, -0.1) is 11.3 Å². The van der Waals surface area contributed by atoms with E-state index in [1.165, 1.54) is 11.3 Å². The van der Waals surface area contributed by atoms with Crippen LogP contribution in [0.2, 0.25) is 0 Å². The molecule has 3 aromatic carbocycles. The van der Waals surface area contributed by atoms with Crippen LogP contribution in [0.4, 0.5) is 11.4 Å². The fourth-order valence-corrected chi connectivity index (χ4v) is 3.33. The molecule has 0 aliphatic rings. The Bertz CT molecular complexity index is 1110. The largest absolute Gasteiger partial charge is 0.482 e. The van der Waals surface area contributed by atoms with Crippen LogP contribution in [0.15, 0.2) is 83.7 Å². The van der Waals surface area contributed by atoms with Gasteiger partial charge in [-0.3, -0.25) is 4.79 Å². The molecule has 1 aromatic heterocycles. The van der Waals surface area contributed by atoms with Gasteiger partial charge in [0.25, 0.3) is 5.91 Å². The number of nitrogens with two attached hydrogens (primary N) is 1. The van der Waals surface area contributed by atoms with Crippen molar-refractivity contribution in [1.82, 2.24) is 4.98 Å². The number of para-hydroxylation sites is 1. The van der Waals surface area contributed by atoms with E-state index < -0.39 is 0 Å². The van der Waals surface area contributed by atoms with Crippen LogP contribution in [-0.2, 0) is 4.79 Å². The molecule has 3 N–H and O–H groups in total. The third-order valence-electron chi connectivity index (χ3n) is 4.21. The SMILES string of the molecule is Nc1cc(-c2cscn2)ccc1OCC(=O)Nc1ccc(Oc2ccccc2)cc1. The predicted octanol–water partition coefficient (Wildman–Crippen LogP) is 5.20. The maximum Gasteiger partial charge on any atom is 0.262 e. The van der Waals surface area contributed by atoms with Crippen molar-refractivity contribution >= 4 is 28.6 Å². The lowest BCUT2D eigenvalue weighted by Crippen LogP contribution is -2.20. The number of thiazole rings is 1. The van der Waals surface area contributed by atoms with Gasteiger partial charge in [0.15, 0.2) is 6.61 Å². The summed E-state index contributed by atoms with van der Waals surface area (Å²) in [6.45, 7) is -0.150. The summed E-state index contributed by atoms with van der Waals surface area (Å²) >= 11 is 1.52. The quantitative estimate of drug-likeness (QED) is 0.404. The first-order valence-corrected chi connectivity index (χ1v) is 10.2. The molecule has 0 aliphatic heterocycles. The van der Waals surface area contributed by atoms with Crippen LogP contribution in [0.1, 0.15) is 0 Å². The Morgan fingerprint density at radius 2 is 1.77 bits per heavy atom. The van der Waals surface area contributed by atoms with Gasteiger partial charge in [-0.05, 0) is 54.6 Å². The summed E-state index contributed by atoms with van der Waals surface area (Å²) in [6, 6.07) is 22.0. The maximum absolute atomic E-state index is 12.2. The van der Waals surface area contributed by atoms with E-state index >= 15 is 0 Å². The fraction of sp³-hybridized carbons (Fsp3) is 0.0435. The lowest BCUT2D eigenvalue weighted by atomic mass is 10.1. The van der Waals surface area contributed by atoms with Gasteiger partial charge < -0.3 is 20.5 Å². The molecule has 1 amide bonds. The third kappa shape index (κ3) is 4.95. The minimum Gasteiger partial charge on any atom is -0.482 e. The van der Waals surface area contributed by atoms with E-state index in [0.29, 0.717) is 22.9 Å². The number of anilines is 2. The third-order valence-corrected chi connectivity index (χ3v) is 4.80. The molecule has 0 aliphatic carbocycles. The number of carbonyl (C=O) groups excluding carboxylic acids is 1. The molecule has 0 unspecified atom stereocenters. The first-order chi connectivity index (χ1) is 14.7. The molecule has 0 spiro atoms. The zero-order valence-electron chi connectivity index (χ0n) is 15.9. The maximum atomic E-state index is 12.2. The van der Waals surface area contributed by atoms with Crippen molar-refractivity contribution in [1.29, 1.82) is 0 Å². The van der Waals surface area contributed by atoms with Crippen LogP contribution < -0.4 is 20.5 Å². The molecule has 30 heavy (non-hydrogen) atoms. The standard InChI is InChI=1S/C23H19N3O3S/c24-20-12-16(21-14-30-15-25-21)6-11-22(20)28-13-23(27)26-17-7-9-19(10-8-17)29-18-4-2-1-3-5-18/h1-12,14-15H,13,24H2,(H,26,27). The van der Waals surface area contributed by atoms with Gasteiger partial charge in [-0.2, -0.15) is 0 Å². The van der Waals surface area contributed by atoms with Crippen LogP contribution in [0.25, 0.3) is 11.3 Å². The number of nitrogens with zero attached hydrogens (tertiary/aromatic N) is 1. The van der Waals surface area contributed by atoms with Crippen molar-refractivity contribution in [2.45, 2.75) is 0 Å². The summed E-state index contributed by atoms with van der Waals surface area (Å²) in [6.07, 6.45) is 0. The number of aromatic nitrogens is 1. The van der Waals surface area contributed by atoms with Gasteiger partial charge in [-0.1, -0.05) is 18.2 Å². The monoisotopic (exact) mass is 417 g/mol. The van der Waals surface area contributed by atoms with E-state index in [2.05, 4.69) is 10.3 Å². The van der Waals surface area contributed by atoms with Gasteiger partial charge in [0.2, 0.25) is 0 Å². The topological polar surface area (TPSA) is 86.5 Å². The molecular formula is C23H19N3O3S. The lowest BCUT2D eigenvalue weighted by molar-refractivity contribution is -0.118. The normalized spacial score (nSPS) is 10.4. The molecule has 0 saturated heterocycles. The number of carbonyl (C=O) groups is 1. The number of hydrogen-bond donors (Lipinski definition) is 2. The Hall–Kier alpha value is -3.84. The zero-order valence-corrected chi connectivity index (χ0v) is 16.8. The summed E-state index contributed by atoms with van der Waals surface area (Å²) in [5, 5.41) is 4.73. The van der Waals surface area contributed by atoms with Gasteiger partial charge in [0.1, 0.15) is 17.2 Å². The molecular weight excluding hydrogens is 398 g/mol. The summed E-state index contributed by atoms with van der Waals surface area (Å²) < 4.78 is 11.3. The number of hydrogen-bond acceptors (Lipinski definition) is 6. The molecule has 7 heteroatoms. The molecule has 150 valence electrons. The summed E-state index contributed by atoms with van der Waals surface area (Å²) in [4.78, 5) is 16.5. The van der Waals surface area contributed by atoms with Crippen molar-refractivity contribution < 1.29 is 14.3 Å². The predicted molar refractivity (Wildman–Crippen MR) is 119 cm³/mol. The van der Waals surface area contributed by atoms with E-state index in [1.54, 1.807) is 41.9 Å². The summed E-state index contributed by atoms with van der Waals surface area (Å²) in [7, 11) is 0. The fourth-order valence-electron chi connectivity index (χ4n) is 2.77. The van der Waals surface area contributed by atoms with Crippen molar-refractivity contribution in [2.75, 3.05) is 17.7 Å². The molecule has 0 radical (unpaired) electrons. The van der Waals surface area contributed by atoms with Gasteiger partial charge >= 0.3 is 0 Å². The smallest absolute Gasteiger partial charge is 0.262 e. The van der Waals surface area contributed by atoms with Crippen molar-refractivity contribution in [3.63, 3.8) is 0 Å². The lowest BCUT2D eigenvalue weighted by Gasteiger charge is -2.11. The minimum absolute atomic E-state index is 0.150. The number of benzene rings is 3. The summed E-state index contributed by atoms with van der Waals surface area (Å²) in [5.74, 6) is 1.61. The molecule has 4 rings (SSSR count). The number of amides is 1. The van der Waals surface area contributed by atoms with E-state index in [-0.39, 0.29) is 12.5 Å². The van der Waals surface area contributed by atoms with Crippen LogP contribution in [-0.4, -0.2) is 17.5 Å². The first kappa shape index (κ1) is 19.5. The molecule has 4 aromatic rings. The average Bonchev–Trinajstić information content (AvgIpc) is 3.30. The number of nitrogen functional groups attached to an aromatic ring is 1. The molecule has 0 fully saturated rings. The first-order valence-electron chi connectivity index (χ1n) is 9.21. The average molecular weight is 417 g/mol. The Morgan fingerprint density at radius 3 is 2.47 bits per heavy atom. The Morgan fingerprint density at radius 1 is 1.00 bits per heavy atom. The molecule has 6 nitrogen and oxygen atoms in total. The number of ether oxygens (including phenoxy) is 2. The second-order valence-electron chi connectivity index (χ2n) is 6.40. The molecule has 0 saturated carbocycles. The van der Waals surface area contributed by atoms with Gasteiger partial charge in [-0.25, -0.2) is 4.98 Å². The number of nitrogens with one attached hydrogen (secondary N) is 1. The highest BCUT2D eigenvalue weighted by molar-refractivity contribution is 7.07. The van der Waals surface area contributed by atoms with Gasteiger partial charge in [0.05, 0.1) is 16.9 Å². The zero-order chi connectivity index (χ0) is 20.8. The molecule has 0 atom stereocenters. The van der Waals surface area contributed by atoms with E-state index in [4.69, 9.17) is 15.2 Å². The van der Waals surface area contributed by atoms with Crippen molar-refractivity contribution in [2.24, 2.45) is 0 Å². The second kappa shape index (κ2) is 9.11. The highest BCUT2D eigenvalue weighted by Crippen LogP contribution is 2.28. The Balaban J connectivity index is 1.30. The van der Waals surface area contributed by atoms with Crippen LogP contribution in [0.5, 0.6) is 17.2 Å². The van der Waals surface area contributed by atoms with E-state index in [9.17, 15) is 4.79 Å². The van der Waals surface area contributed by atoms with Crippen molar-refractivity contribution in [3.05, 3.63) is 83.7 Å². The molecule has 1 heterocycles. The minimum atomic E-state index is -0.283. The van der Waals surface area contributed by atoms with E-state index in [0.717, 1.165) is 17.0 Å². The van der Waals surface area contributed by atoms with Crippen molar-refractivity contribution in [3.8, 4) is 28.5 Å². The van der Waals surface area contributed by atoms with Gasteiger partial charge in [0, 0.05) is 16.6 Å². The van der Waals surface area contributed by atoms with Crippen LogP contribution in [0.3, 0.4) is 0 Å². The Labute approximate surface area is 177 Å². The summed E-state index contributed by atoms with van der Waals surface area (Å²) in [5.41, 5.74) is 10.7. The van der Waals surface area contributed by atoms with Crippen LogP contribution >= 0.6 is 11.3 Å². The molecule has 0 bridgehead atoms. The highest BCUT2D eigenvalue weighted by Gasteiger charge is 2.09. The highest BCUT2D eigenvalue weighted by atomic mass is 32.1. The van der Waals surface area contributed by atoms with E-state index in [1.807, 2.05) is 41.8 Å².